The maximum Gasteiger partial charge on any atom is 0.427 e. The molecule has 80 valence electrons. The Morgan fingerprint density at radius 1 is 1.53 bits per heavy atom. The largest absolute Gasteiger partial charge is 0.449 e. The summed E-state index contributed by atoms with van der Waals surface area (Å²) in [6.45, 7) is 2.08. The van der Waals surface area contributed by atoms with Crippen molar-refractivity contribution in [1.29, 1.82) is 0 Å². The molecule has 0 aliphatic rings. The predicted molar refractivity (Wildman–Crippen MR) is 66.9 cm³/mol. The fourth-order valence-corrected chi connectivity index (χ4v) is 1.23. The van der Waals surface area contributed by atoms with Gasteiger partial charge in [0.1, 0.15) is 0 Å². The van der Waals surface area contributed by atoms with Crippen LogP contribution in [0.4, 0.5) is 4.79 Å². The number of carbonyl (C=O) groups excluding carboxylic acids is 1. The number of halogens is 1. The highest BCUT2D eigenvalue weighted by Crippen LogP contribution is 2.04. The molecule has 0 radical (unpaired) electrons. The van der Waals surface area contributed by atoms with Crippen LogP contribution in [0.25, 0.3) is 0 Å². The first kappa shape index (κ1) is 12.0. The van der Waals surface area contributed by atoms with Crippen molar-refractivity contribution in [3.8, 4) is 0 Å². The van der Waals surface area contributed by atoms with Crippen molar-refractivity contribution < 1.29 is 9.53 Å². The molecule has 0 aliphatic heterocycles. The van der Waals surface area contributed by atoms with E-state index in [1.807, 2.05) is 24.3 Å². The van der Waals surface area contributed by atoms with E-state index in [1.165, 1.54) is 0 Å². The molecule has 1 N–H and O–H groups in total. The summed E-state index contributed by atoms with van der Waals surface area (Å²) in [6, 6.07) is 7.76. The van der Waals surface area contributed by atoms with E-state index in [0.717, 1.165) is 9.13 Å². The number of carbonyl (C=O) groups is 1. The zero-order chi connectivity index (χ0) is 11.1. The van der Waals surface area contributed by atoms with Gasteiger partial charge in [-0.05, 0) is 47.2 Å². The lowest BCUT2D eigenvalue weighted by molar-refractivity contribution is 0.152. The van der Waals surface area contributed by atoms with Crippen molar-refractivity contribution in [2.45, 2.75) is 6.92 Å². The fourth-order valence-electron chi connectivity index (χ4n) is 0.872. The van der Waals surface area contributed by atoms with Gasteiger partial charge in [-0.3, -0.25) is 0 Å². The first-order valence-electron chi connectivity index (χ1n) is 4.43. The van der Waals surface area contributed by atoms with Crippen molar-refractivity contribution in [2.24, 2.45) is 5.10 Å². The second kappa shape index (κ2) is 6.39. The second-order valence-corrected chi connectivity index (χ2v) is 3.89. The molecule has 15 heavy (non-hydrogen) atoms. The van der Waals surface area contributed by atoms with Gasteiger partial charge in [0.15, 0.2) is 0 Å². The van der Waals surface area contributed by atoms with Crippen LogP contribution in [-0.2, 0) is 4.74 Å². The number of hydrazone groups is 1. The number of hydrogen-bond acceptors (Lipinski definition) is 3. The molecular weight excluding hydrogens is 307 g/mol. The number of ether oxygens (including phenoxy) is 1. The smallest absolute Gasteiger partial charge is 0.427 e. The van der Waals surface area contributed by atoms with Crippen molar-refractivity contribution in [3.63, 3.8) is 0 Å². The third-order valence-corrected chi connectivity index (χ3v) is 2.23. The molecule has 1 amide bonds. The summed E-state index contributed by atoms with van der Waals surface area (Å²) in [6.07, 6.45) is 1.02. The molecule has 0 saturated heterocycles. The van der Waals surface area contributed by atoms with E-state index in [1.54, 1.807) is 13.1 Å². The summed E-state index contributed by atoms with van der Waals surface area (Å²) in [5.74, 6) is 0. The molecule has 0 aliphatic carbocycles. The van der Waals surface area contributed by atoms with Gasteiger partial charge in [-0.2, -0.15) is 5.10 Å². The summed E-state index contributed by atoms with van der Waals surface area (Å²) in [7, 11) is 0. The van der Waals surface area contributed by atoms with E-state index >= 15 is 0 Å². The summed E-state index contributed by atoms with van der Waals surface area (Å²) in [4.78, 5) is 10.8. The lowest BCUT2D eigenvalue weighted by Crippen LogP contribution is -2.18. The minimum absolute atomic E-state index is 0.338. The topological polar surface area (TPSA) is 50.7 Å². The molecule has 0 aromatic heterocycles. The van der Waals surface area contributed by atoms with Gasteiger partial charge < -0.3 is 4.74 Å². The molecule has 0 atom stereocenters. The van der Waals surface area contributed by atoms with Crippen LogP contribution in [-0.4, -0.2) is 18.9 Å². The standard InChI is InChI=1S/C10H11IN2O2/c1-2-15-10(14)13-12-7-8-3-5-9(11)6-4-8/h3-7H,2H2,1H3,(H,13,14)/b12-7+. The maximum absolute atomic E-state index is 10.8. The van der Waals surface area contributed by atoms with Crippen LogP contribution >= 0.6 is 22.6 Å². The molecule has 4 nitrogen and oxygen atoms in total. The number of nitrogens with one attached hydrogen (secondary N) is 1. The van der Waals surface area contributed by atoms with E-state index < -0.39 is 6.09 Å². The Morgan fingerprint density at radius 3 is 2.80 bits per heavy atom. The SMILES string of the molecule is CCOC(=O)N/N=C/c1ccc(I)cc1. The Morgan fingerprint density at radius 2 is 2.20 bits per heavy atom. The van der Waals surface area contributed by atoms with E-state index in [2.05, 4.69) is 37.9 Å². The van der Waals surface area contributed by atoms with Crippen LogP contribution in [0.3, 0.4) is 0 Å². The van der Waals surface area contributed by atoms with Crippen molar-refractivity contribution in [1.82, 2.24) is 5.43 Å². The molecule has 1 aromatic carbocycles. The third-order valence-electron chi connectivity index (χ3n) is 1.51. The minimum Gasteiger partial charge on any atom is -0.449 e. The molecule has 0 heterocycles. The van der Waals surface area contributed by atoms with Crippen LogP contribution in [0, 0.1) is 3.57 Å². The summed E-state index contributed by atoms with van der Waals surface area (Å²) in [5, 5.41) is 3.74. The maximum atomic E-state index is 10.8. The quantitative estimate of drug-likeness (QED) is 0.528. The molecule has 0 unspecified atom stereocenters. The van der Waals surface area contributed by atoms with Gasteiger partial charge in [-0.1, -0.05) is 12.1 Å². The molecule has 0 fully saturated rings. The Balaban J connectivity index is 2.44. The highest BCUT2D eigenvalue weighted by atomic mass is 127. The number of benzene rings is 1. The number of rotatable bonds is 3. The highest BCUT2D eigenvalue weighted by molar-refractivity contribution is 14.1. The molecule has 0 saturated carbocycles. The van der Waals surface area contributed by atoms with Crippen LogP contribution in [0.2, 0.25) is 0 Å². The Bertz CT molecular complexity index is 349. The van der Waals surface area contributed by atoms with Gasteiger partial charge in [-0.15, -0.1) is 0 Å². The summed E-state index contributed by atoms with van der Waals surface area (Å²) in [5.41, 5.74) is 3.18. The summed E-state index contributed by atoms with van der Waals surface area (Å²) < 4.78 is 5.79. The average molecular weight is 318 g/mol. The normalized spacial score (nSPS) is 10.3. The number of nitrogens with zero attached hydrogens (tertiary/aromatic N) is 1. The highest BCUT2D eigenvalue weighted by Gasteiger charge is 1.95. The van der Waals surface area contributed by atoms with Gasteiger partial charge in [0.2, 0.25) is 0 Å². The van der Waals surface area contributed by atoms with Crippen molar-refractivity contribution in [3.05, 3.63) is 33.4 Å². The van der Waals surface area contributed by atoms with Crippen LogP contribution < -0.4 is 5.43 Å². The lowest BCUT2D eigenvalue weighted by Gasteiger charge is -1.98. The molecule has 5 heteroatoms. The zero-order valence-electron chi connectivity index (χ0n) is 8.24. The van der Waals surface area contributed by atoms with Gasteiger partial charge in [-0.25, -0.2) is 10.2 Å². The number of hydrogen-bond donors (Lipinski definition) is 1. The van der Waals surface area contributed by atoms with Crippen molar-refractivity contribution >= 4 is 34.9 Å². The minimum atomic E-state index is -0.542. The van der Waals surface area contributed by atoms with Crippen LogP contribution in [0.15, 0.2) is 29.4 Å². The van der Waals surface area contributed by atoms with Crippen molar-refractivity contribution in [2.75, 3.05) is 6.61 Å². The molecule has 0 spiro atoms. The van der Waals surface area contributed by atoms with Gasteiger partial charge in [0.05, 0.1) is 12.8 Å². The zero-order valence-corrected chi connectivity index (χ0v) is 10.4. The Kier molecular flexibility index (Phi) is 5.09. The van der Waals surface area contributed by atoms with Gasteiger partial charge in [0.25, 0.3) is 0 Å². The van der Waals surface area contributed by atoms with E-state index in [-0.39, 0.29) is 0 Å². The summed E-state index contributed by atoms with van der Waals surface area (Å²) >= 11 is 2.22. The van der Waals surface area contributed by atoms with E-state index in [0.29, 0.717) is 6.61 Å². The second-order valence-electron chi connectivity index (χ2n) is 2.64. The third kappa shape index (κ3) is 4.78. The first-order chi connectivity index (χ1) is 7.22. The van der Waals surface area contributed by atoms with E-state index in [9.17, 15) is 4.79 Å². The lowest BCUT2D eigenvalue weighted by atomic mass is 10.2. The van der Waals surface area contributed by atoms with Gasteiger partial charge in [0, 0.05) is 3.57 Å². The molecular formula is C10H11IN2O2. The molecule has 1 aromatic rings. The molecule has 1 rings (SSSR count). The van der Waals surface area contributed by atoms with E-state index in [4.69, 9.17) is 0 Å². The monoisotopic (exact) mass is 318 g/mol. The van der Waals surface area contributed by atoms with Gasteiger partial charge >= 0.3 is 6.09 Å². The van der Waals surface area contributed by atoms with Crippen LogP contribution in [0.5, 0.6) is 0 Å². The Labute approximate surface area is 102 Å². The Hall–Kier alpha value is -1.11. The predicted octanol–water partition coefficient (Wildman–Crippen LogP) is 2.37. The number of amides is 1. The first-order valence-corrected chi connectivity index (χ1v) is 5.51. The van der Waals surface area contributed by atoms with Crippen LogP contribution in [0.1, 0.15) is 12.5 Å². The molecule has 0 bridgehead atoms. The average Bonchev–Trinajstić information content (AvgIpc) is 2.21. The fraction of sp³-hybridized carbons (Fsp3) is 0.200.